The quantitative estimate of drug-likeness (QED) is 0.555. The van der Waals surface area contributed by atoms with Crippen LogP contribution in [0.3, 0.4) is 0 Å². The van der Waals surface area contributed by atoms with E-state index >= 15 is 0 Å². The predicted molar refractivity (Wildman–Crippen MR) is 56.2 cm³/mol. The van der Waals surface area contributed by atoms with E-state index in [0.29, 0.717) is 4.83 Å². The third-order valence-electron chi connectivity index (χ3n) is 2.79. The SMILES string of the molecule is COC1CC(Br)CCCC1C(C)=O. The molecule has 0 aromatic heterocycles. The van der Waals surface area contributed by atoms with Crippen molar-refractivity contribution in [3.05, 3.63) is 0 Å². The third-order valence-corrected chi connectivity index (χ3v) is 3.63. The summed E-state index contributed by atoms with van der Waals surface area (Å²) in [5.74, 6) is 0.390. The number of ether oxygens (including phenoxy) is 1. The number of ketones is 1. The molecule has 1 aliphatic rings. The highest BCUT2D eigenvalue weighted by Gasteiger charge is 2.29. The Labute approximate surface area is 88.2 Å². The van der Waals surface area contributed by atoms with Gasteiger partial charge >= 0.3 is 0 Å². The first-order valence-corrected chi connectivity index (χ1v) is 5.74. The molecule has 0 spiro atoms. The van der Waals surface area contributed by atoms with E-state index in [4.69, 9.17) is 4.74 Å². The third kappa shape index (κ3) is 3.06. The zero-order valence-electron chi connectivity index (χ0n) is 8.25. The van der Waals surface area contributed by atoms with Crippen LogP contribution >= 0.6 is 15.9 Å². The maximum atomic E-state index is 11.3. The lowest BCUT2D eigenvalue weighted by Gasteiger charge is -2.21. The van der Waals surface area contributed by atoms with Crippen LogP contribution in [-0.2, 0) is 9.53 Å². The molecule has 0 bridgehead atoms. The lowest BCUT2D eigenvalue weighted by molar-refractivity contribution is -0.125. The lowest BCUT2D eigenvalue weighted by Crippen LogP contribution is -2.28. The van der Waals surface area contributed by atoms with E-state index in [0.717, 1.165) is 25.7 Å². The van der Waals surface area contributed by atoms with E-state index in [1.807, 2.05) is 0 Å². The first-order valence-electron chi connectivity index (χ1n) is 4.82. The fourth-order valence-electron chi connectivity index (χ4n) is 2.00. The normalized spacial score (nSPS) is 35.5. The Morgan fingerprint density at radius 3 is 2.69 bits per heavy atom. The van der Waals surface area contributed by atoms with Gasteiger partial charge in [-0.1, -0.05) is 22.4 Å². The van der Waals surface area contributed by atoms with Crippen LogP contribution in [0.15, 0.2) is 0 Å². The van der Waals surface area contributed by atoms with Crippen molar-refractivity contribution < 1.29 is 9.53 Å². The fraction of sp³-hybridized carbons (Fsp3) is 0.900. The summed E-state index contributed by atoms with van der Waals surface area (Å²) in [4.78, 5) is 11.8. The number of Topliss-reactive ketones (excluding diaryl/α,β-unsaturated/α-hetero) is 1. The van der Waals surface area contributed by atoms with Crippen molar-refractivity contribution in [2.75, 3.05) is 7.11 Å². The largest absolute Gasteiger partial charge is 0.381 e. The van der Waals surface area contributed by atoms with Gasteiger partial charge in [0, 0.05) is 17.9 Å². The van der Waals surface area contributed by atoms with E-state index in [1.54, 1.807) is 14.0 Å². The van der Waals surface area contributed by atoms with E-state index in [9.17, 15) is 4.79 Å². The Balaban J connectivity index is 2.64. The van der Waals surface area contributed by atoms with Crippen LogP contribution < -0.4 is 0 Å². The minimum absolute atomic E-state index is 0.115. The molecule has 1 aliphatic carbocycles. The molecule has 13 heavy (non-hydrogen) atoms. The number of hydrogen-bond acceptors (Lipinski definition) is 2. The number of rotatable bonds is 2. The molecular weight excluding hydrogens is 232 g/mol. The Bertz CT molecular complexity index is 182. The van der Waals surface area contributed by atoms with Crippen LogP contribution in [0, 0.1) is 5.92 Å². The molecule has 0 aliphatic heterocycles. The van der Waals surface area contributed by atoms with Gasteiger partial charge in [0.15, 0.2) is 0 Å². The van der Waals surface area contributed by atoms with Gasteiger partial charge in [-0.25, -0.2) is 0 Å². The first-order chi connectivity index (χ1) is 6.15. The first kappa shape index (κ1) is 11.2. The standard InChI is InChI=1S/C10H17BrO2/c1-7(12)9-5-3-4-8(11)6-10(9)13-2/h8-10H,3-6H2,1-2H3. The van der Waals surface area contributed by atoms with Gasteiger partial charge in [-0.2, -0.15) is 0 Å². The second kappa shape index (κ2) is 5.11. The minimum atomic E-state index is 0.115. The van der Waals surface area contributed by atoms with E-state index in [2.05, 4.69) is 15.9 Å². The van der Waals surface area contributed by atoms with E-state index in [-0.39, 0.29) is 17.8 Å². The van der Waals surface area contributed by atoms with Crippen LogP contribution in [-0.4, -0.2) is 23.8 Å². The van der Waals surface area contributed by atoms with Crippen molar-refractivity contribution in [3.8, 4) is 0 Å². The summed E-state index contributed by atoms with van der Waals surface area (Å²) < 4.78 is 5.36. The van der Waals surface area contributed by atoms with Crippen molar-refractivity contribution in [2.45, 2.75) is 43.5 Å². The summed E-state index contributed by atoms with van der Waals surface area (Å²) >= 11 is 3.60. The molecule has 0 aromatic carbocycles. The number of halogens is 1. The highest BCUT2D eigenvalue weighted by molar-refractivity contribution is 9.09. The highest BCUT2D eigenvalue weighted by atomic mass is 79.9. The second-order valence-corrected chi connectivity index (χ2v) is 5.05. The summed E-state index contributed by atoms with van der Waals surface area (Å²) in [5, 5.41) is 0. The van der Waals surface area contributed by atoms with Crippen LogP contribution in [0.5, 0.6) is 0 Å². The van der Waals surface area contributed by atoms with Crippen molar-refractivity contribution in [1.29, 1.82) is 0 Å². The van der Waals surface area contributed by atoms with Gasteiger partial charge in [0.1, 0.15) is 5.78 Å². The molecule has 1 saturated carbocycles. The molecule has 0 radical (unpaired) electrons. The van der Waals surface area contributed by atoms with Crippen LogP contribution in [0.4, 0.5) is 0 Å². The zero-order valence-corrected chi connectivity index (χ0v) is 9.84. The number of hydrogen-bond donors (Lipinski definition) is 0. The summed E-state index contributed by atoms with van der Waals surface area (Å²) in [6.45, 7) is 1.67. The maximum absolute atomic E-state index is 11.3. The molecule has 0 saturated heterocycles. The number of alkyl halides is 1. The number of methoxy groups -OCH3 is 1. The fourth-order valence-corrected chi connectivity index (χ4v) is 2.70. The van der Waals surface area contributed by atoms with Crippen molar-refractivity contribution in [3.63, 3.8) is 0 Å². The van der Waals surface area contributed by atoms with Gasteiger partial charge in [0.25, 0.3) is 0 Å². The van der Waals surface area contributed by atoms with E-state index in [1.165, 1.54) is 0 Å². The number of carbonyl (C=O) groups is 1. The molecule has 1 fully saturated rings. The smallest absolute Gasteiger partial charge is 0.135 e. The summed E-state index contributed by atoms with van der Waals surface area (Å²) in [7, 11) is 1.70. The average Bonchev–Trinajstić information content (AvgIpc) is 2.26. The van der Waals surface area contributed by atoms with Crippen molar-refractivity contribution in [1.82, 2.24) is 0 Å². The predicted octanol–water partition coefficient (Wildman–Crippen LogP) is 2.54. The zero-order chi connectivity index (χ0) is 9.84. The minimum Gasteiger partial charge on any atom is -0.381 e. The van der Waals surface area contributed by atoms with Crippen LogP contribution in [0.1, 0.15) is 32.6 Å². The van der Waals surface area contributed by atoms with Crippen LogP contribution in [0.2, 0.25) is 0 Å². The summed E-state index contributed by atoms with van der Waals surface area (Å²) in [5.41, 5.74) is 0. The average molecular weight is 249 g/mol. The molecular formula is C10H17BrO2. The van der Waals surface area contributed by atoms with Crippen LogP contribution in [0.25, 0.3) is 0 Å². The second-order valence-electron chi connectivity index (χ2n) is 3.76. The molecule has 0 aromatic rings. The molecule has 0 N–H and O–H groups in total. The van der Waals surface area contributed by atoms with Gasteiger partial charge in [-0.05, 0) is 26.2 Å². The molecule has 3 heteroatoms. The Morgan fingerprint density at radius 1 is 1.46 bits per heavy atom. The molecule has 1 rings (SSSR count). The Kier molecular flexibility index (Phi) is 4.39. The molecule has 0 heterocycles. The summed E-state index contributed by atoms with van der Waals surface area (Å²) in [6.07, 6.45) is 4.34. The Hall–Kier alpha value is 0.110. The van der Waals surface area contributed by atoms with Gasteiger partial charge in [-0.15, -0.1) is 0 Å². The molecule has 3 atom stereocenters. The molecule has 3 unspecified atom stereocenters. The Morgan fingerprint density at radius 2 is 2.15 bits per heavy atom. The maximum Gasteiger partial charge on any atom is 0.135 e. The molecule has 2 nitrogen and oxygen atoms in total. The highest BCUT2D eigenvalue weighted by Crippen LogP contribution is 2.29. The summed E-state index contributed by atoms with van der Waals surface area (Å²) in [6, 6.07) is 0. The van der Waals surface area contributed by atoms with Gasteiger partial charge in [-0.3, -0.25) is 4.79 Å². The monoisotopic (exact) mass is 248 g/mol. The van der Waals surface area contributed by atoms with Gasteiger partial charge in [0.05, 0.1) is 6.10 Å². The van der Waals surface area contributed by atoms with Gasteiger partial charge in [0.2, 0.25) is 0 Å². The van der Waals surface area contributed by atoms with Crippen molar-refractivity contribution in [2.24, 2.45) is 5.92 Å². The molecule has 0 amide bonds. The number of carbonyl (C=O) groups excluding carboxylic acids is 1. The van der Waals surface area contributed by atoms with E-state index < -0.39 is 0 Å². The molecule has 76 valence electrons. The topological polar surface area (TPSA) is 26.3 Å². The lowest BCUT2D eigenvalue weighted by atomic mass is 9.93. The van der Waals surface area contributed by atoms with Gasteiger partial charge < -0.3 is 4.74 Å². The van der Waals surface area contributed by atoms with Crippen molar-refractivity contribution >= 4 is 21.7 Å².